The molecule has 0 aliphatic carbocycles. The van der Waals surface area contributed by atoms with Crippen molar-refractivity contribution in [1.82, 2.24) is 0 Å². The van der Waals surface area contributed by atoms with Crippen molar-refractivity contribution in [3.8, 4) is 0 Å². The van der Waals surface area contributed by atoms with Crippen LogP contribution in [0.4, 0.5) is 0 Å². The monoisotopic (exact) mass is 1040 g/mol. The van der Waals surface area contributed by atoms with Crippen molar-refractivity contribution in [2.24, 2.45) is 0 Å². The number of hydrogen-bond donors (Lipinski definition) is 1. The van der Waals surface area contributed by atoms with Crippen LogP contribution in [0.1, 0.15) is 194 Å². The third-order valence-electron chi connectivity index (χ3n) is 11.3. The van der Waals surface area contributed by atoms with Crippen LogP contribution in [0, 0.1) is 0 Å². The molecule has 0 heterocycles. The fourth-order valence-corrected chi connectivity index (χ4v) is 6.95. The largest absolute Gasteiger partial charge is 0.462 e. The van der Waals surface area contributed by atoms with Gasteiger partial charge in [0.25, 0.3) is 0 Å². The van der Waals surface area contributed by atoms with Crippen molar-refractivity contribution < 1.29 is 24.2 Å². The number of aliphatic hydroxyl groups excluding tert-OH is 1. The van der Waals surface area contributed by atoms with Gasteiger partial charge in [0, 0.05) is 12.8 Å². The van der Waals surface area contributed by atoms with Crippen LogP contribution in [0.5, 0.6) is 0 Å². The van der Waals surface area contributed by atoms with Gasteiger partial charge in [-0.25, -0.2) is 0 Å². The topological polar surface area (TPSA) is 72.8 Å². The minimum absolute atomic E-state index is 0.114. The second-order valence-electron chi connectivity index (χ2n) is 18.2. The number of ether oxygens (including phenoxy) is 2. The molecule has 0 rings (SSSR count). The van der Waals surface area contributed by atoms with E-state index >= 15 is 0 Å². The van der Waals surface area contributed by atoms with E-state index in [-0.39, 0.29) is 31.6 Å². The fourth-order valence-electron chi connectivity index (χ4n) is 6.95. The van der Waals surface area contributed by atoms with Gasteiger partial charge in [-0.1, -0.05) is 245 Å². The van der Waals surface area contributed by atoms with Crippen molar-refractivity contribution >= 4 is 11.9 Å². The highest BCUT2D eigenvalue weighted by molar-refractivity contribution is 5.70. The van der Waals surface area contributed by atoms with Gasteiger partial charge < -0.3 is 14.6 Å². The van der Waals surface area contributed by atoms with E-state index in [4.69, 9.17) is 9.47 Å². The molecule has 0 aliphatic rings. The van der Waals surface area contributed by atoms with Crippen LogP contribution >= 0.6 is 0 Å². The molecule has 0 saturated heterocycles. The molecular formula is C71H104O5. The Morgan fingerprint density at radius 3 is 0.803 bits per heavy atom. The first-order valence-corrected chi connectivity index (χ1v) is 29.3. The van der Waals surface area contributed by atoms with Gasteiger partial charge in [0.05, 0.1) is 6.61 Å². The summed E-state index contributed by atoms with van der Waals surface area (Å²) in [6, 6.07) is 0. The Morgan fingerprint density at radius 1 is 0.303 bits per heavy atom. The molecule has 0 saturated carbocycles. The van der Waals surface area contributed by atoms with Gasteiger partial charge >= 0.3 is 11.9 Å². The summed E-state index contributed by atoms with van der Waals surface area (Å²) in [5.41, 5.74) is 0. The number of aliphatic hydroxyl groups is 1. The molecule has 0 aliphatic heterocycles. The molecule has 1 N–H and O–H groups in total. The summed E-state index contributed by atoms with van der Waals surface area (Å²) >= 11 is 0. The highest BCUT2D eigenvalue weighted by Crippen LogP contribution is 2.10. The summed E-state index contributed by atoms with van der Waals surface area (Å²) in [5.74, 6) is -0.692. The zero-order chi connectivity index (χ0) is 54.8. The van der Waals surface area contributed by atoms with E-state index in [1.165, 1.54) is 0 Å². The molecule has 0 bridgehead atoms. The highest BCUT2D eigenvalue weighted by Gasteiger charge is 2.16. The van der Waals surface area contributed by atoms with Crippen LogP contribution in [0.25, 0.3) is 0 Å². The molecule has 0 aromatic heterocycles. The third kappa shape index (κ3) is 60.8. The van der Waals surface area contributed by atoms with Crippen molar-refractivity contribution in [1.29, 1.82) is 0 Å². The van der Waals surface area contributed by atoms with E-state index < -0.39 is 6.10 Å². The Labute approximate surface area is 465 Å². The van der Waals surface area contributed by atoms with Gasteiger partial charge in [-0.3, -0.25) is 9.59 Å². The highest BCUT2D eigenvalue weighted by atomic mass is 16.6. The van der Waals surface area contributed by atoms with E-state index in [2.05, 4.69) is 233 Å². The number of unbranched alkanes of at least 4 members (excludes halogenated alkanes) is 6. The van der Waals surface area contributed by atoms with E-state index in [0.29, 0.717) is 12.8 Å². The van der Waals surface area contributed by atoms with Crippen LogP contribution in [-0.2, 0) is 19.1 Å². The summed E-state index contributed by atoms with van der Waals surface area (Å²) in [6.45, 7) is 3.83. The molecule has 76 heavy (non-hydrogen) atoms. The van der Waals surface area contributed by atoms with Crippen LogP contribution in [-0.4, -0.2) is 36.4 Å². The van der Waals surface area contributed by atoms with Gasteiger partial charge in [0.1, 0.15) is 6.61 Å². The Bertz CT molecular complexity index is 1890. The average molecular weight is 1040 g/mol. The molecule has 0 spiro atoms. The van der Waals surface area contributed by atoms with E-state index in [9.17, 15) is 14.7 Å². The fraction of sp³-hybridized carbons (Fsp3) is 0.465. The molecule has 1 atom stereocenters. The lowest BCUT2D eigenvalue weighted by Crippen LogP contribution is -2.28. The first kappa shape index (κ1) is 70.2. The lowest BCUT2D eigenvalue weighted by Gasteiger charge is -2.15. The molecule has 0 aromatic rings. The smallest absolute Gasteiger partial charge is 0.306 e. The molecule has 1 unspecified atom stereocenters. The maximum atomic E-state index is 12.3. The SMILES string of the molecule is CC/C=C\C/C=C\C/C=C\C/C=C\C/C=C\C/C=C\C/C=C\C/C=C\C/C=C\C/C=C\C/C=C\C/C=C\CCCCC(=O)OC(CO)COC(=O)CCCCCC/C=C\C/C=C\C/C=C\C/C=C\C/C=C\C/C=C\CC. The van der Waals surface area contributed by atoms with E-state index in [0.717, 1.165) is 161 Å². The molecule has 0 fully saturated rings. The molecule has 5 heteroatoms. The van der Waals surface area contributed by atoms with Gasteiger partial charge in [-0.05, 0) is 154 Å². The molecule has 5 nitrogen and oxygen atoms in total. The zero-order valence-electron chi connectivity index (χ0n) is 47.7. The van der Waals surface area contributed by atoms with Gasteiger partial charge in [0.2, 0.25) is 0 Å². The maximum absolute atomic E-state index is 12.3. The Hall–Kier alpha value is -5.78. The van der Waals surface area contributed by atoms with Crippen LogP contribution in [0.2, 0.25) is 0 Å². The molecular weight excluding hydrogens is 933 g/mol. The molecule has 0 aromatic carbocycles. The first-order valence-electron chi connectivity index (χ1n) is 29.3. The van der Waals surface area contributed by atoms with E-state index in [1.54, 1.807) is 0 Å². The number of esters is 2. The minimum atomic E-state index is -0.826. The summed E-state index contributed by atoms with van der Waals surface area (Å²) in [7, 11) is 0. The second-order valence-corrected chi connectivity index (χ2v) is 18.2. The van der Waals surface area contributed by atoms with Gasteiger partial charge in [-0.2, -0.15) is 0 Å². The Balaban J connectivity index is 3.76. The number of carbonyl (C=O) groups excluding carboxylic acids is 2. The second kappa shape index (κ2) is 63.5. The molecule has 418 valence electrons. The Kier molecular flexibility index (Phi) is 58.7. The first-order chi connectivity index (χ1) is 37.6. The van der Waals surface area contributed by atoms with Gasteiger partial charge in [-0.15, -0.1) is 0 Å². The van der Waals surface area contributed by atoms with Crippen molar-refractivity contribution in [2.45, 2.75) is 200 Å². The van der Waals surface area contributed by atoms with Gasteiger partial charge in [0.15, 0.2) is 6.10 Å². The van der Waals surface area contributed by atoms with Crippen LogP contribution in [0.3, 0.4) is 0 Å². The van der Waals surface area contributed by atoms with Crippen LogP contribution < -0.4 is 0 Å². The van der Waals surface area contributed by atoms with Crippen LogP contribution in [0.15, 0.2) is 219 Å². The van der Waals surface area contributed by atoms with Crippen molar-refractivity contribution in [3.63, 3.8) is 0 Å². The van der Waals surface area contributed by atoms with E-state index in [1.807, 2.05) is 0 Å². The summed E-state index contributed by atoms with van der Waals surface area (Å²) in [6.07, 6.45) is 105. The molecule has 0 radical (unpaired) electrons. The predicted octanol–water partition coefficient (Wildman–Crippen LogP) is 20.4. The van der Waals surface area contributed by atoms with Crippen molar-refractivity contribution in [3.05, 3.63) is 219 Å². The Morgan fingerprint density at radius 2 is 0.526 bits per heavy atom. The summed E-state index contributed by atoms with van der Waals surface area (Å²) < 4.78 is 10.6. The summed E-state index contributed by atoms with van der Waals surface area (Å²) in [5, 5.41) is 9.65. The zero-order valence-corrected chi connectivity index (χ0v) is 47.7. The number of hydrogen-bond acceptors (Lipinski definition) is 5. The van der Waals surface area contributed by atoms with Crippen molar-refractivity contribution in [2.75, 3.05) is 13.2 Å². The third-order valence-corrected chi connectivity index (χ3v) is 11.3. The normalized spacial score (nSPS) is 13.9. The standard InChI is InChI=1S/C71H104O5/c1-3-5-7-9-11-13-15-17-19-21-23-25-27-28-29-30-31-32-33-34-35-36-37-38-39-40-41-42-44-46-48-50-52-54-56-58-60-62-64-66-71(74)76-69(67-72)68-75-70(73)65-63-61-59-57-55-53-51-49-47-45-43-26-24-22-20-18-16-14-12-10-8-6-4-2/h5-8,11-14,17-20,23-26,28-29,31-32,34-35,37-38,40-41,44-47,50-53,56,58,69,72H,3-4,9-10,15-16,21-22,27,30,33,36,39,42-43,48-49,54-55,57,59-68H2,1-2H3/b7-5-,8-6-,13-11-,14-12-,19-17-,20-18-,25-23-,26-24-,29-28-,32-31-,35-34-,38-37-,41-40-,46-44-,47-45-,52-50-,53-51-,58-56-. The predicted molar refractivity (Wildman–Crippen MR) is 333 cm³/mol. The molecule has 0 amide bonds. The lowest BCUT2D eigenvalue weighted by molar-refractivity contribution is -0.161. The minimum Gasteiger partial charge on any atom is -0.462 e. The maximum Gasteiger partial charge on any atom is 0.306 e. The average Bonchev–Trinajstić information content (AvgIpc) is 3.42. The lowest BCUT2D eigenvalue weighted by atomic mass is 10.1. The summed E-state index contributed by atoms with van der Waals surface area (Å²) in [4.78, 5) is 24.5. The quantitative estimate of drug-likeness (QED) is 0.0373. The number of allylic oxidation sites excluding steroid dienone is 36. The number of rotatable bonds is 50. The number of carbonyl (C=O) groups is 2.